The van der Waals surface area contributed by atoms with E-state index >= 15 is 0 Å². The molecule has 0 bridgehead atoms. The maximum absolute atomic E-state index is 8.92. The van der Waals surface area contributed by atoms with Gasteiger partial charge < -0.3 is 5.11 Å². The molecule has 1 aromatic carbocycles. The van der Waals surface area contributed by atoms with E-state index in [1.165, 1.54) is 0 Å². The van der Waals surface area contributed by atoms with Gasteiger partial charge in [-0.15, -0.1) is 0 Å². The fraction of sp³-hybridized carbons (Fsp3) is 0.100. The second kappa shape index (κ2) is 3.32. The second-order valence-corrected chi connectivity index (χ2v) is 3.17. The molecular formula is C10H8ClNO. The molecule has 0 atom stereocenters. The Labute approximate surface area is 80.8 Å². The highest BCUT2D eigenvalue weighted by Gasteiger charge is 1.99. The van der Waals surface area contributed by atoms with E-state index < -0.39 is 0 Å². The molecule has 2 aromatic rings. The van der Waals surface area contributed by atoms with Crippen molar-refractivity contribution in [2.75, 3.05) is 0 Å². The van der Waals surface area contributed by atoms with Crippen LogP contribution in [0.1, 0.15) is 5.56 Å². The van der Waals surface area contributed by atoms with Gasteiger partial charge in [0, 0.05) is 11.6 Å². The maximum atomic E-state index is 8.92. The van der Waals surface area contributed by atoms with E-state index in [1.807, 2.05) is 24.3 Å². The molecule has 2 rings (SSSR count). The van der Waals surface area contributed by atoms with Gasteiger partial charge in [-0.2, -0.15) is 0 Å². The lowest BCUT2D eigenvalue weighted by Gasteiger charge is -2.01. The number of hydrogen-bond donors (Lipinski definition) is 1. The molecule has 0 saturated heterocycles. The Morgan fingerprint density at radius 1 is 1.31 bits per heavy atom. The van der Waals surface area contributed by atoms with Gasteiger partial charge in [-0.25, -0.2) is 4.98 Å². The van der Waals surface area contributed by atoms with Crippen molar-refractivity contribution in [3.63, 3.8) is 0 Å². The molecule has 1 heterocycles. The molecule has 0 aliphatic rings. The fourth-order valence-corrected chi connectivity index (χ4v) is 1.50. The largest absolute Gasteiger partial charge is 0.392 e. The topological polar surface area (TPSA) is 33.1 Å². The van der Waals surface area contributed by atoms with Crippen LogP contribution in [0.3, 0.4) is 0 Å². The molecule has 2 nitrogen and oxygen atoms in total. The van der Waals surface area contributed by atoms with Crippen molar-refractivity contribution in [3.8, 4) is 0 Å². The minimum Gasteiger partial charge on any atom is -0.392 e. The van der Waals surface area contributed by atoms with E-state index in [4.69, 9.17) is 16.7 Å². The maximum Gasteiger partial charge on any atom is 0.136 e. The summed E-state index contributed by atoms with van der Waals surface area (Å²) in [7, 11) is 0. The zero-order valence-electron chi connectivity index (χ0n) is 6.87. The van der Waals surface area contributed by atoms with Crippen LogP contribution in [0.2, 0.25) is 5.15 Å². The Hall–Kier alpha value is -1.12. The average Bonchev–Trinajstić information content (AvgIpc) is 2.18. The van der Waals surface area contributed by atoms with Crippen molar-refractivity contribution < 1.29 is 5.11 Å². The number of fused-ring (bicyclic) bond motifs is 1. The number of aliphatic hydroxyl groups is 1. The molecule has 0 unspecified atom stereocenters. The number of nitrogens with zero attached hydrogens (tertiary/aromatic N) is 1. The molecule has 0 spiro atoms. The first-order valence-corrected chi connectivity index (χ1v) is 4.33. The summed E-state index contributed by atoms with van der Waals surface area (Å²) in [5.41, 5.74) is 0.849. The summed E-state index contributed by atoms with van der Waals surface area (Å²) in [4.78, 5) is 3.97. The Bertz CT molecular complexity index is 442. The molecule has 0 amide bonds. The summed E-state index contributed by atoms with van der Waals surface area (Å²) in [6.07, 6.45) is 1.67. The van der Waals surface area contributed by atoms with Crippen LogP contribution in [-0.2, 0) is 6.61 Å². The lowest BCUT2D eigenvalue weighted by Crippen LogP contribution is -1.84. The van der Waals surface area contributed by atoms with E-state index in [9.17, 15) is 0 Å². The van der Waals surface area contributed by atoms with Crippen LogP contribution in [0.5, 0.6) is 0 Å². The standard InChI is InChI=1S/C10H8ClNO/c11-10-9-5-7(6-13)1-2-8(9)3-4-12-10/h1-5,13H,6H2. The van der Waals surface area contributed by atoms with Gasteiger partial charge in [-0.05, 0) is 23.1 Å². The SMILES string of the molecule is OCc1ccc2ccnc(Cl)c2c1. The predicted octanol–water partition coefficient (Wildman–Crippen LogP) is 2.38. The number of pyridine rings is 1. The molecule has 66 valence electrons. The van der Waals surface area contributed by atoms with Crippen molar-refractivity contribution in [1.82, 2.24) is 4.98 Å². The Morgan fingerprint density at radius 2 is 2.15 bits per heavy atom. The minimum atomic E-state index is 0.0289. The highest BCUT2D eigenvalue weighted by Crippen LogP contribution is 2.21. The highest BCUT2D eigenvalue weighted by atomic mass is 35.5. The Morgan fingerprint density at radius 3 is 2.92 bits per heavy atom. The molecule has 3 heteroatoms. The highest BCUT2D eigenvalue weighted by molar-refractivity contribution is 6.34. The third kappa shape index (κ3) is 1.50. The van der Waals surface area contributed by atoms with Crippen LogP contribution in [0.15, 0.2) is 30.5 Å². The first-order valence-electron chi connectivity index (χ1n) is 3.95. The summed E-state index contributed by atoms with van der Waals surface area (Å²) in [5, 5.41) is 11.3. The number of hydrogen-bond acceptors (Lipinski definition) is 2. The molecule has 1 N–H and O–H groups in total. The number of aromatic nitrogens is 1. The summed E-state index contributed by atoms with van der Waals surface area (Å²) in [6.45, 7) is 0.0289. The first kappa shape index (κ1) is 8.48. The van der Waals surface area contributed by atoms with Gasteiger partial charge in [0.05, 0.1) is 6.61 Å². The second-order valence-electron chi connectivity index (χ2n) is 2.82. The Kier molecular flexibility index (Phi) is 2.17. The number of rotatable bonds is 1. The van der Waals surface area contributed by atoms with Gasteiger partial charge in [0.2, 0.25) is 0 Å². The zero-order chi connectivity index (χ0) is 9.26. The molecule has 0 radical (unpaired) electrons. The number of halogens is 1. The van der Waals surface area contributed by atoms with Gasteiger partial charge in [0.1, 0.15) is 5.15 Å². The number of benzene rings is 1. The van der Waals surface area contributed by atoms with E-state index in [0.29, 0.717) is 5.15 Å². The summed E-state index contributed by atoms with van der Waals surface area (Å²) >= 11 is 5.89. The molecule has 0 saturated carbocycles. The number of aliphatic hydroxyl groups excluding tert-OH is 1. The summed E-state index contributed by atoms with van der Waals surface area (Å²) in [6, 6.07) is 7.54. The molecular weight excluding hydrogens is 186 g/mol. The quantitative estimate of drug-likeness (QED) is 0.706. The average molecular weight is 194 g/mol. The van der Waals surface area contributed by atoms with Gasteiger partial charge in [0.25, 0.3) is 0 Å². The molecule has 0 fully saturated rings. The Balaban J connectivity index is 2.74. The smallest absolute Gasteiger partial charge is 0.136 e. The monoisotopic (exact) mass is 193 g/mol. The van der Waals surface area contributed by atoms with Gasteiger partial charge in [0.15, 0.2) is 0 Å². The van der Waals surface area contributed by atoms with Crippen molar-refractivity contribution in [1.29, 1.82) is 0 Å². The van der Waals surface area contributed by atoms with Crippen LogP contribution in [0.25, 0.3) is 10.8 Å². The lowest BCUT2D eigenvalue weighted by molar-refractivity contribution is 0.282. The third-order valence-corrected chi connectivity index (χ3v) is 2.27. The van der Waals surface area contributed by atoms with Gasteiger partial charge in [-0.3, -0.25) is 0 Å². The molecule has 13 heavy (non-hydrogen) atoms. The predicted molar refractivity (Wildman–Crippen MR) is 52.7 cm³/mol. The van der Waals surface area contributed by atoms with Gasteiger partial charge >= 0.3 is 0 Å². The van der Waals surface area contributed by atoms with Crippen molar-refractivity contribution in [2.24, 2.45) is 0 Å². The summed E-state index contributed by atoms with van der Waals surface area (Å²) in [5.74, 6) is 0. The third-order valence-electron chi connectivity index (χ3n) is 1.96. The van der Waals surface area contributed by atoms with Crippen LogP contribution >= 0.6 is 11.6 Å². The van der Waals surface area contributed by atoms with Crippen molar-refractivity contribution in [2.45, 2.75) is 6.61 Å². The van der Waals surface area contributed by atoms with Gasteiger partial charge in [-0.1, -0.05) is 23.7 Å². The zero-order valence-corrected chi connectivity index (χ0v) is 7.62. The van der Waals surface area contributed by atoms with Crippen molar-refractivity contribution in [3.05, 3.63) is 41.2 Å². The lowest BCUT2D eigenvalue weighted by atomic mass is 10.1. The van der Waals surface area contributed by atoms with Crippen LogP contribution < -0.4 is 0 Å². The van der Waals surface area contributed by atoms with E-state index in [-0.39, 0.29) is 6.61 Å². The minimum absolute atomic E-state index is 0.0289. The van der Waals surface area contributed by atoms with Crippen molar-refractivity contribution >= 4 is 22.4 Å². The normalized spacial score (nSPS) is 10.6. The molecule has 0 aliphatic carbocycles. The molecule has 0 aliphatic heterocycles. The first-order chi connectivity index (χ1) is 6.31. The van der Waals surface area contributed by atoms with Crippen LogP contribution in [-0.4, -0.2) is 10.1 Å². The van der Waals surface area contributed by atoms with Crippen LogP contribution in [0, 0.1) is 0 Å². The fourth-order valence-electron chi connectivity index (χ4n) is 1.28. The van der Waals surface area contributed by atoms with Crippen LogP contribution in [0.4, 0.5) is 0 Å². The van der Waals surface area contributed by atoms with E-state index in [1.54, 1.807) is 6.20 Å². The van der Waals surface area contributed by atoms with E-state index in [0.717, 1.165) is 16.3 Å². The summed E-state index contributed by atoms with van der Waals surface area (Å²) < 4.78 is 0. The molecule has 1 aromatic heterocycles. The van der Waals surface area contributed by atoms with E-state index in [2.05, 4.69) is 4.98 Å².